The van der Waals surface area contributed by atoms with E-state index in [4.69, 9.17) is 5.73 Å². The molecule has 1 amide bonds. The number of amidine groups is 1. The molecule has 80 valence electrons. The van der Waals surface area contributed by atoms with E-state index in [1.54, 1.807) is 0 Å². The van der Waals surface area contributed by atoms with E-state index in [0.717, 1.165) is 6.42 Å². The van der Waals surface area contributed by atoms with Crippen molar-refractivity contribution in [1.82, 2.24) is 5.32 Å². The highest BCUT2D eigenvalue weighted by molar-refractivity contribution is 5.83. The SMILES string of the molecule is CC(C)C(N)=NC1CCC(=O)NC1C. The fraction of sp³-hybridized carbons (Fsp3) is 0.800. The lowest BCUT2D eigenvalue weighted by molar-refractivity contribution is -0.123. The number of rotatable bonds is 2. The highest BCUT2D eigenvalue weighted by Gasteiger charge is 2.24. The molecular formula is C10H19N3O. The molecule has 14 heavy (non-hydrogen) atoms. The maximum atomic E-state index is 11.0. The zero-order valence-electron chi connectivity index (χ0n) is 9.08. The molecule has 0 saturated carbocycles. The van der Waals surface area contributed by atoms with Crippen molar-refractivity contribution >= 4 is 11.7 Å². The number of hydrogen-bond donors (Lipinski definition) is 2. The molecule has 1 saturated heterocycles. The Morgan fingerprint density at radius 1 is 1.64 bits per heavy atom. The number of nitrogens with one attached hydrogen (secondary N) is 1. The molecule has 0 aromatic rings. The van der Waals surface area contributed by atoms with E-state index in [0.29, 0.717) is 12.3 Å². The van der Waals surface area contributed by atoms with Crippen molar-refractivity contribution in [2.45, 2.75) is 45.7 Å². The second-order valence-corrected chi connectivity index (χ2v) is 4.17. The normalized spacial score (nSPS) is 29.1. The predicted octanol–water partition coefficient (Wildman–Crippen LogP) is 0.667. The van der Waals surface area contributed by atoms with Gasteiger partial charge >= 0.3 is 0 Å². The van der Waals surface area contributed by atoms with Crippen molar-refractivity contribution in [3.05, 3.63) is 0 Å². The van der Waals surface area contributed by atoms with E-state index in [2.05, 4.69) is 10.3 Å². The Balaban J connectivity index is 2.61. The zero-order valence-corrected chi connectivity index (χ0v) is 9.08. The van der Waals surface area contributed by atoms with Gasteiger partial charge in [0.25, 0.3) is 0 Å². The van der Waals surface area contributed by atoms with Crippen LogP contribution in [0.4, 0.5) is 0 Å². The minimum atomic E-state index is 0.105. The molecular weight excluding hydrogens is 178 g/mol. The Hall–Kier alpha value is -1.06. The molecule has 0 bridgehead atoms. The summed E-state index contributed by atoms with van der Waals surface area (Å²) in [4.78, 5) is 15.5. The lowest BCUT2D eigenvalue weighted by Gasteiger charge is -2.27. The third-order valence-corrected chi connectivity index (χ3v) is 2.54. The molecule has 1 rings (SSSR count). The molecule has 2 atom stereocenters. The van der Waals surface area contributed by atoms with E-state index >= 15 is 0 Å². The number of nitrogens with two attached hydrogens (primary N) is 1. The van der Waals surface area contributed by atoms with Crippen LogP contribution in [-0.2, 0) is 4.79 Å². The maximum absolute atomic E-state index is 11.0. The molecule has 0 aromatic heterocycles. The number of carbonyl (C=O) groups is 1. The molecule has 3 N–H and O–H groups in total. The molecule has 2 unspecified atom stereocenters. The second kappa shape index (κ2) is 4.44. The number of nitrogens with zero attached hydrogens (tertiary/aromatic N) is 1. The van der Waals surface area contributed by atoms with Gasteiger partial charge in [-0.25, -0.2) is 0 Å². The van der Waals surface area contributed by atoms with Gasteiger partial charge in [-0.15, -0.1) is 0 Å². The fourth-order valence-electron chi connectivity index (χ4n) is 1.47. The topological polar surface area (TPSA) is 67.5 Å². The Morgan fingerprint density at radius 3 is 2.79 bits per heavy atom. The summed E-state index contributed by atoms with van der Waals surface area (Å²) in [5.41, 5.74) is 5.78. The number of hydrogen-bond acceptors (Lipinski definition) is 2. The molecule has 4 nitrogen and oxygen atoms in total. The third kappa shape index (κ3) is 2.72. The van der Waals surface area contributed by atoms with Crippen LogP contribution in [0.1, 0.15) is 33.6 Å². The van der Waals surface area contributed by atoms with Crippen molar-refractivity contribution < 1.29 is 4.79 Å². The largest absolute Gasteiger partial charge is 0.387 e. The summed E-state index contributed by atoms with van der Waals surface area (Å²) in [7, 11) is 0. The van der Waals surface area contributed by atoms with Crippen molar-refractivity contribution in [3.63, 3.8) is 0 Å². The van der Waals surface area contributed by atoms with Gasteiger partial charge < -0.3 is 11.1 Å². The fourth-order valence-corrected chi connectivity index (χ4v) is 1.47. The van der Waals surface area contributed by atoms with Crippen LogP contribution >= 0.6 is 0 Å². The summed E-state index contributed by atoms with van der Waals surface area (Å²) in [6.45, 7) is 6.01. The third-order valence-electron chi connectivity index (χ3n) is 2.54. The lowest BCUT2D eigenvalue weighted by atomic mass is 10.00. The van der Waals surface area contributed by atoms with Crippen LogP contribution < -0.4 is 11.1 Å². The average molecular weight is 197 g/mol. The average Bonchev–Trinajstić information content (AvgIpc) is 2.09. The molecule has 0 spiro atoms. The number of amides is 1. The quantitative estimate of drug-likeness (QED) is 0.504. The van der Waals surface area contributed by atoms with Gasteiger partial charge in [0.05, 0.1) is 11.9 Å². The molecule has 1 aliphatic heterocycles. The lowest BCUT2D eigenvalue weighted by Crippen LogP contribution is -2.46. The number of aliphatic imine (C=N–C) groups is 1. The first-order chi connectivity index (χ1) is 6.50. The zero-order chi connectivity index (χ0) is 10.7. The van der Waals surface area contributed by atoms with Crippen LogP contribution in [0, 0.1) is 5.92 Å². The smallest absolute Gasteiger partial charge is 0.220 e. The molecule has 0 aliphatic carbocycles. The summed E-state index contributed by atoms with van der Waals surface area (Å²) in [6, 6.07) is 0.253. The van der Waals surface area contributed by atoms with Gasteiger partial charge in [0.2, 0.25) is 5.91 Å². The number of piperidine rings is 1. The molecule has 1 aliphatic rings. The van der Waals surface area contributed by atoms with Gasteiger partial charge in [-0.3, -0.25) is 9.79 Å². The van der Waals surface area contributed by atoms with Crippen LogP contribution in [-0.4, -0.2) is 23.8 Å². The Bertz CT molecular complexity index is 248. The van der Waals surface area contributed by atoms with Crippen LogP contribution in [0.5, 0.6) is 0 Å². The first-order valence-electron chi connectivity index (χ1n) is 5.13. The monoisotopic (exact) mass is 197 g/mol. The number of carbonyl (C=O) groups excluding carboxylic acids is 1. The van der Waals surface area contributed by atoms with Gasteiger partial charge in [0.15, 0.2) is 0 Å². The Morgan fingerprint density at radius 2 is 2.29 bits per heavy atom. The maximum Gasteiger partial charge on any atom is 0.220 e. The minimum Gasteiger partial charge on any atom is -0.387 e. The minimum absolute atomic E-state index is 0.105. The second-order valence-electron chi connectivity index (χ2n) is 4.17. The molecule has 0 radical (unpaired) electrons. The standard InChI is InChI=1S/C10H19N3O/c1-6(2)10(11)13-8-4-5-9(14)12-7(8)3/h6-8H,4-5H2,1-3H3,(H2,11,13)(H,12,14). The Kier molecular flexibility index (Phi) is 3.49. The van der Waals surface area contributed by atoms with Crippen LogP contribution in [0.15, 0.2) is 4.99 Å². The van der Waals surface area contributed by atoms with Crippen molar-refractivity contribution in [2.75, 3.05) is 0 Å². The van der Waals surface area contributed by atoms with Crippen LogP contribution in [0.25, 0.3) is 0 Å². The van der Waals surface area contributed by atoms with Crippen molar-refractivity contribution in [3.8, 4) is 0 Å². The summed E-state index contributed by atoms with van der Waals surface area (Å²) in [5, 5.41) is 2.87. The van der Waals surface area contributed by atoms with Gasteiger partial charge in [-0.1, -0.05) is 13.8 Å². The summed E-state index contributed by atoms with van der Waals surface area (Å²) < 4.78 is 0. The van der Waals surface area contributed by atoms with E-state index in [1.165, 1.54) is 0 Å². The van der Waals surface area contributed by atoms with Gasteiger partial charge in [0, 0.05) is 18.4 Å². The molecule has 1 fully saturated rings. The van der Waals surface area contributed by atoms with Gasteiger partial charge in [0.1, 0.15) is 0 Å². The van der Waals surface area contributed by atoms with Gasteiger partial charge in [-0.05, 0) is 13.3 Å². The molecule has 0 aromatic carbocycles. The summed E-state index contributed by atoms with van der Waals surface area (Å²) in [6.07, 6.45) is 1.37. The van der Waals surface area contributed by atoms with E-state index in [-0.39, 0.29) is 23.9 Å². The molecule has 1 heterocycles. The van der Waals surface area contributed by atoms with E-state index in [9.17, 15) is 4.79 Å². The van der Waals surface area contributed by atoms with Crippen LogP contribution in [0.2, 0.25) is 0 Å². The van der Waals surface area contributed by atoms with E-state index < -0.39 is 0 Å². The van der Waals surface area contributed by atoms with Crippen molar-refractivity contribution in [1.29, 1.82) is 0 Å². The van der Waals surface area contributed by atoms with E-state index in [1.807, 2.05) is 20.8 Å². The first-order valence-corrected chi connectivity index (χ1v) is 5.13. The summed E-state index contributed by atoms with van der Waals surface area (Å²) >= 11 is 0. The van der Waals surface area contributed by atoms with Gasteiger partial charge in [-0.2, -0.15) is 0 Å². The highest BCUT2D eigenvalue weighted by Crippen LogP contribution is 2.13. The van der Waals surface area contributed by atoms with Crippen molar-refractivity contribution in [2.24, 2.45) is 16.6 Å². The summed E-state index contributed by atoms with van der Waals surface area (Å²) in [5.74, 6) is 1.07. The highest BCUT2D eigenvalue weighted by atomic mass is 16.1. The molecule has 4 heteroatoms. The Labute approximate surface area is 85.0 Å². The van der Waals surface area contributed by atoms with Crippen LogP contribution in [0.3, 0.4) is 0 Å². The predicted molar refractivity (Wildman–Crippen MR) is 57.1 cm³/mol. The first kappa shape index (κ1) is 11.0.